The summed E-state index contributed by atoms with van der Waals surface area (Å²) >= 11 is 0. The molecule has 1 unspecified atom stereocenters. The second-order valence-electron chi connectivity index (χ2n) is 5.05. The largest absolute Gasteiger partial charge is 0.330 e. The second kappa shape index (κ2) is 6.77. The quantitative estimate of drug-likeness (QED) is 0.764. The van der Waals surface area contributed by atoms with Crippen LogP contribution in [0.2, 0.25) is 0 Å². The minimum Gasteiger partial charge on any atom is -0.330 e. The maximum Gasteiger partial charge on any atom is 0.00507 e. The van der Waals surface area contributed by atoms with Crippen LogP contribution in [0.3, 0.4) is 0 Å². The molecule has 0 amide bonds. The van der Waals surface area contributed by atoms with E-state index < -0.39 is 0 Å². The molecule has 0 radical (unpaired) electrons. The molecule has 2 heteroatoms. The fourth-order valence-electron chi connectivity index (χ4n) is 2.69. The van der Waals surface area contributed by atoms with E-state index in [4.69, 9.17) is 5.73 Å². The van der Waals surface area contributed by atoms with Crippen LogP contribution in [0.4, 0.5) is 0 Å². The molecule has 1 aliphatic heterocycles. The lowest BCUT2D eigenvalue weighted by Crippen LogP contribution is -2.21. The first-order valence-electron chi connectivity index (χ1n) is 6.87. The van der Waals surface area contributed by atoms with E-state index in [1.807, 2.05) is 0 Å². The zero-order chi connectivity index (χ0) is 11.9. The van der Waals surface area contributed by atoms with Gasteiger partial charge in [-0.1, -0.05) is 36.8 Å². The average molecular weight is 232 g/mol. The Balaban J connectivity index is 1.72. The monoisotopic (exact) mass is 232 g/mol. The summed E-state index contributed by atoms with van der Waals surface area (Å²) in [5, 5.41) is 0. The van der Waals surface area contributed by atoms with Gasteiger partial charge in [0.2, 0.25) is 0 Å². The minimum absolute atomic E-state index is 0.755. The third-order valence-corrected chi connectivity index (χ3v) is 3.72. The van der Waals surface area contributed by atoms with Gasteiger partial charge in [0, 0.05) is 6.54 Å². The highest BCUT2D eigenvalue weighted by atomic mass is 15.1. The topological polar surface area (TPSA) is 29.3 Å². The van der Waals surface area contributed by atoms with Crippen molar-refractivity contribution >= 4 is 0 Å². The number of unbranched alkanes of at least 4 members (excludes halogenated alkanes) is 2. The number of nitrogens with zero attached hydrogens (tertiary/aromatic N) is 1. The van der Waals surface area contributed by atoms with Crippen LogP contribution in [0.5, 0.6) is 0 Å². The first-order chi connectivity index (χ1) is 8.40. The van der Waals surface area contributed by atoms with Crippen molar-refractivity contribution in [1.82, 2.24) is 4.90 Å². The fraction of sp³-hybridized carbons (Fsp3) is 0.600. The van der Waals surface area contributed by atoms with E-state index in [2.05, 4.69) is 35.2 Å². The summed E-state index contributed by atoms with van der Waals surface area (Å²) in [5.41, 5.74) is 7.02. The summed E-state index contributed by atoms with van der Waals surface area (Å²) in [6.07, 6.45) is 5.08. The molecular weight excluding hydrogens is 208 g/mol. The van der Waals surface area contributed by atoms with E-state index >= 15 is 0 Å². The highest BCUT2D eigenvalue weighted by Crippen LogP contribution is 2.26. The van der Waals surface area contributed by atoms with Crippen molar-refractivity contribution < 1.29 is 0 Å². The third kappa shape index (κ3) is 3.83. The van der Waals surface area contributed by atoms with Crippen LogP contribution in [0.1, 0.15) is 37.2 Å². The van der Waals surface area contributed by atoms with Crippen molar-refractivity contribution in [3.8, 4) is 0 Å². The molecule has 0 aromatic heterocycles. The van der Waals surface area contributed by atoms with Gasteiger partial charge in [0.25, 0.3) is 0 Å². The number of benzene rings is 1. The molecule has 1 saturated heterocycles. The molecule has 1 heterocycles. The predicted octanol–water partition coefficient (Wildman–Crippen LogP) is 2.60. The Hall–Kier alpha value is -0.860. The normalized spacial score (nSPS) is 20.9. The molecule has 0 bridgehead atoms. The highest BCUT2D eigenvalue weighted by Gasteiger charge is 2.22. The molecule has 1 fully saturated rings. The van der Waals surface area contributed by atoms with Crippen molar-refractivity contribution in [3.05, 3.63) is 35.9 Å². The Morgan fingerprint density at radius 1 is 1.12 bits per heavy atom. The van der Waals surface area contributed by atoms with Gasteiger partial charge in [-0.3, -0.25) is 0 Å². The molecule has 0 saturated carbocycles. The van der Waals surface area contributed by atoms with Gasteiger partial charge >= 0.3 is 0 Å². The minimum atomic E-state index is 0.755. The van der Waals surface area contributed by atoms with E-state index in [9.17, 15) is 0 Å². The summed E-state index contributed by atoms with van der Waals surface area (Å²) in [6.45, 7) is 4.60. The first-order valence-corrected chi connectivity index (χ1v) is 6.87. The SMILES string of the molecule is NCCCCCN1CCC(c2ccccc2)C1. The van der Waals surface area contributed by atoms with Crippen molar-refractivity contribution in [1.29, 1.82) is 0 Å². The van der Waals surface area contributed by atoms with Crippen LogP contribution >= 0.6 is 0 Å². The number of hydrogen-bond acceptors (Lipinski definition) is 2. The van der Waals surface area contributed by atoms with Crippen molar-refractivity contribution in [2.45, 2.75) is 31.6 Å². The predicted molar refractivity (Wildman–Crippen MR) is 73.1 cm³/mol. The molecular formula is C15H24N2. The van der Waals surface area contributed by atoms with Crippen LogP contribution < -0.4 is 5.73 Å². The average Bonchev–Trinajstić information content (AvgIpc) is 2.85. The zero-order valence-corrected chi connectivity index (χ0v) is 10.6. The van der Waals surface area contributed by atoms with Crippen LogP contribution in [0.25, 0.3) is 0 Å². The van der Waals surface area contributed by atoms with Crippen molar-refractivity contribution in [2.24, 2.45) is 5.73 Å². The lowest BCUT2D eigenvalue weighted by Gasteiger charge is -2.15. The van der Waals surface area contributed by atoms with E-state index in [1.54, 1.807) is 0 Å². The molecule has 94 valence electrons. The maximum absolute atomic E-state index is 5.51. The molecule has 2 nitrogen and oxygen atoms in total. The van der Waals surface area contributed by atoms with Crippen molar-refractivity contribution in [2.75, 3.05) is 26.2 Å². The fourth-order valence-corrected chi connectivity index (χ4v) is 2.69. The van der Waals surface area contributed by atoms with Gasteiger partial charge < -0.3 is 10.6 Å². The number of nitrogens with two attached hydrogens (primary N) is 1. The molecule has 2 rings (SSSR count). The number of likely N-dealkylation sites (tertiary alicyclic amines) is 1. The van der Waals surface area contributed by atoms with Gasteiger partial charge in [0.1, 0.15) is 0 Å². The molecule has 1 aromatic carbocycles. The van der Waals surface area contributed by atoms with Gasteiger partial charge in [0.15, 0.2) is 0 Å². The van der Waals surface area contributed by atoms with Crippen LogP contribution in [0, 0.1) is 0 Å². The molecule has 0 spiro atoms. The van der Waals surface area contributed by atoms with Gasteiger partial charge in [0.05, 0.1) is 0 Å². The summed E-state index contributed by atoms with van der Waals surface area (Å²) in [6, 6.07) is 10.9. The molecule has 2 N–H and O–H groups in total. The number of rotatable bonds is 6. The van der Waals surface area contributed by atoms with Gasteiger partial charge in [-0.25, -0.2) is 0 Å². The second-order valence-corrected chi connectivity index (χ2v) is 5.05. The Labute approximate surface area is 105 Å². The van der Waals surface area contributed by atoms with E-state index in [-0.39, 0.29) is 0 Å². The third-order valence-electron chi connectivity index (χ3n) is 3.72. The molecule has 1 atom stereocenters. The van der Waals surface area contributed by atoms with Gasteiger partial charge in [-0.15, -0.1) is 0 Å². The summed E-state index contributed by atoms with van der Waals surface area (Å²) < 4.78 is 0. The van der Waals surface area contributed by atoms with Crippen molar-refractivity contribution in [3.63, 3.8) is 0 Å². The van der Waals surface area contributed by atoms with Crippen LogP contribution in [0.15, 0.2) is 30.3 Å². The Kier molecular flexibility index (Phi) is 5.02. The molecule has 17 heavy (non-hydrogen) atoms. The summed E-state index contributed by atoms with van der Waals surface area (Å²) in [4.78, 5) is 2.61. The Morgan fingerprint density at radius 2 is 1.94 bits per heavy atom. The van der Waals surface area contributed by atoms with E-state index in [0.29, 0.717) is 0 Å². The molecule has 0 aliphatic carbocycles. The van der Waals surface area contributed by atoms with E-state index in [0.717, 1.165) is 12.5 Å². The molecule has 1 aliphatic rings. The van der Waals surface area contributed by atoms with E-state index in [1.165, 1.54) is 50.9 Å². The standard InChI is InChI=1S/C15H24N2/c16-10-5-2-6-11-17-12-9-15(13-17)14-7-3-1-4-8-14/h1,3-4,7-8,15H,2,5-6,9-13,16H2. The lowest BCUT2D eigenvalue weighted by molar-refractivity contribution is 0.325. The Morgan fingerprint density at radius 3 is 2.71 bits per heavy atom. The highest BCUT2D eigenvalue weighted by molar-refractivity contribution is 5.20. The first kappa shape index (κ1) is 12.6. The summed E-state index contributed by atoms with van der Waals surface area (Å²) in [5.74, 6) is 0.755. The van der Waals surface area contributed by atoms with Crippen LogP contribution in [-0.4, -0.2) is 31.1 Å². The Bertz CT molecular complexity index is 310. The summed E-state index contributed by atoms with van der Waals surface area (Å²) in [7, 11) is 0. The zero-order valence-electron chi connectivity index (χ0n) is 10.6. The lowest BCUT2D eigenvalue weighted by atomic mass is 9.99. The van der Waals surface area contributed by atoms with Gasteiger partial charge in [-0.05, 0) is 50.4 Å². The number of hydrogen-bond donors (Lipinski definition) is 1. The molecule has 1 aromatic rings. The van der Waals surface area contributed by atoms with Crippen LogP contribution in [-0.2, 0) is 0 Å². The smallest absolute Gasteiger partial charge is 0.00507 e. The maximum atomic E-state index is 5.51. The van der Waals surface area contributed by atoms with Gasteiger partial charge in [-0.2, -0.15) is 0 Å².